The fourth-order valence-electron chi connectivity index (χ4n) is 1.75. The molecule has 0 amide bonds. The molecule has 0 aliphatic rings. The van der Waals surface area contributed by atoms with Crippen LogP contribution >= 0.6 is 0 Å². The van der Waals surface area contributed by atoms with Crippen LogP contribution in [-0.4, -0.2) is 0 Å². The normalized spacial score (nSPS) is 10.4. The van der Waals surface area contributed by atoms with Crippen LogP contribution in [0.2, 0.25) is 0 Å². The van der Waals surface area contributed by atoms with Crippen LogP contribution in [0.25, 0.3) is 0 Å². The minimum Gasteiger partial charge on any atom is -0.486 e. The van der Waals surface area contributed by atoms with Crippen LogP contribution in [0.15, 0.2) is 42.5 Å². The third kappa shape index (κ3) is 3.08. The molecule has 0 saturated heterocycles. The summed E-state index contributed by atoms with van der Waals surface area (Å²) in [5.41, 5.74) is 8.39. The maximum Gasteiger partial charge on any atom is 0.165 e. The molecule has 0 aliphatic carbocycles. The van der Waals surface area contributed by atoms with Crippen molar-refractivity contribution in [3.05, 3.63) is 65.0 Å². The first-order valence-corrected chi connectivity index (χ1v) is 5.86. The smallest absolute Gasteiger partial charge is 0.165 e. The summed E-state index contributed by atoms with van der Waals surface area (Å²) in [4.78, 5) is 0. The lowest BCUT2D eigenvalue weighted by Crippen LogP contribution is -2.00. The molecule has 2 nitrogen and oxygen atoms in total. The first-order chi connectivity index (χ1) is 8.69. The average molecular weight is 245 g/mol. The molecule has 94 valence electrons. The second-order valence-corrected chi connectivity index (χ2v) is 4.25. The molecule has 0 heterocycles. The van der Waals surface area contributed by atoms with Crippen molar-refractivity contribution in [1.82, 2.24) is 0 Å². The highest BCUT2D eigenvalue weighted by atomic mass is 19.1. The highest BCUT2D eigenvalue weighted by Crippen LogP contribution is 2.19. The topological polar surface area (TPSA) is 35.2 Å². The van der Waals surface area contributed by atoms with Gasteiger partial charge in [0.05, 0.1) is 0 Å². The summed E-state index contributed by atoms with van der Waals surface area (Å²) in [5.74, 6) is -0.112. The van der Waals surface area contributed by atoms with Crippen molar-refractivity contribution in [3.63, 3.8) is 0 Å². The van der Waals surface area contributed by atoms with Crippen LogP contribution in [0.5, 0.6) is 5.75 Å². The molecule has 2 N–H and O–H groups in total. The summed E-state index contributed by atoms with van der Waals surface area (Å²) in [6, 6.07) is 12.8. The number of hydrogen-bond acceptors (Lipinski definition) is 2. The maximum atomic E-state index is 13.6. The van der Waals surface area contributed by atoms with E-state index in [0.29, 0.717) is 13.2 Å². The van der Waals surface area contributed by atoms with E-state index in [0.717, 1.165) is 16.7 Å². The Balaban J connectivity index is 2.06. The second kappa shape index (κ2) is 5.65. The highest BCUT2D eigenvalue weighted by Gasteiger charge is 2.04. The molecular weight excluding hydrogens is 229 g/mol. The van der Waals surface area contributed by atoms with Crippen molar-refractivity contribution < 1.29 is 9.13 Å². The summed E-state index contributed by atoms with van der Waals surface area (Å²) in [6.07, 6.45) is 0. The van der Waals surface area contributed by atoms with Crippen molar-refractivity contribution in [2.45, 2.75) is 20.1 Å². The molecule has 2 rings (SSSR count). The molecule has 18 heavy (non-hydrogen) atoms. The summed E-state index contributed by atoms with van der Waals surface area (Å²) in [5, 5.41) is 0. The molecule has 0 atom stereocenters. The van der Waals surface area contributed by atoms with E-state index in [-0.39, 0.29) is 11.6 Å². The standard InChI is InChI=1S/C15H16FNO/c1-11-3-2-4-13(7-11)10-18-15-6-5-12(9-17)8-14(15)16/h2-8H,9-10,17H2,1H3. The van der Waals surface area contributed by atoms with Crippen LogP contribution < -0.4 is 10.5 Å². The molecular formula is C15H16FNO. The van der Waals surface area contributed by atoms with E-state index in [1.807, 2.05) is 31.2 Å². The lowest BCUT2D eigenvalue weighted by molar-refractivity contribution is 0.290. The summed E-state index contributed by atoms with van der Waals surface area (Å²) in [6.45, 7) is 2.70. The fraction of sp³-hybridized carbons (Fsp3) is 0.200. The minimum absolute atomic E-state index is 0.258. The number of halogens is 1. The van der Waals surface area contributed by atoms with Crippen LogP contribution in [0.1, 0.15) is 16.7 Å². The first kappa shape index (κ1) is 12.6. The molecule has 0 radical (unpaired) electrons. The molecule has 0 spiro atoms. The number of rotatable bonds is 4. The molecule has 0 fully saturated rings. The Kier molecular flexibility index (Phi) is 3.95. The van der Waals surface area contributed by atoms with Crippen molar-refractivity contribution in [2.24, 2.45) is 5.73 Å². The molecule has 0 unspecified atom stereocenters. The van der Waals surface area contributed by atoms with E-state index in [4.69, 9.17) is 10.5 Å². The Hall–Kier alpha value is -1.87. The van der Waals surface area contributed by atoms with Crippen LogP contribution in [-0.2, 0) is 13.2 Å². The van der Waals surface area contributed by atoms with Gasteiger partial charge in [-0.05, 0) is 30.2 Å². The van der Waals surface area contributed by atoms with E-state index in [1.54, 1.807) is 12.1 Å². The zero-order valence-corrected chi connectivity index (χ0v) is 10.3. The molecule has 0 aromatic heterocycles. The lowest BCUT2D eigenvalue weighted by atomic mass is 10.1. The Morgan fingerprint density at radius 2 is 1.94 bits per heavy atom. The van der Waals surface area contributed by atoms with Crippen molar-refractivity contribution in [3.8, 4) is 5.75 Å². The van der Waals surface area contributed by atoms with Gasteiger partial charge < -0.3 is 10.5 Å². The zero-order valence-electron chi connectivity index (χ0n) is 10.3. The minimum atomic E-state index is -0.370. The number of aryl methyl sites for hydroxylation is 1. The van der Waals surface area contributed by atoms with Crippen LogP contribution in [0, 0.1) is 12.7 Å². The molecule has 0 bridgehead atoms. The number of hydrogen-bond donors (Lipinski definition) is 1. The summed E-state index contributed by atoms with van der Waals surface area (Å²) < 4.78 is 19.1. The van der Waals surface area contributed by atoms with Crippen LogP contribution in [0.4, 0.5) is 4.39 Å². The predicted molar refractivity (Wildman–Crippen MR) is 69.8 cm³/mol. The third-order valence-electron chi connectivity index (χ3n) is 2.71. The van der Waals surface area contributed by atoms with Gasteiger partial charge in [-0.15, -0.1) is 0 Å². The van der Waals surface area contributed by atoms with E-state index in [2.05, 4.69) is 0 Å². The van der Waals surface area contributed by atoms with Crippen molar-refractivity contribution >= 4 is 0 Å². The van der Waals surface area contributed by atoms with E-state index < -0.39 is 0 Å². The third-order valence-corrected chi connectivity index (χ3v) is 2.71. The van der Waals surface area contributed by atoms with Gasteiger partial charge >= 0.3 is 0 Å². The number of nitrogens with two attached hydrogens (primary N) is 1. The van der Waals surface area contributed by atoms with Gasteiger partial charge in [-0.1, -0.05) is 35.9 Å². The van der Waals surface area contributed by atoms with Gasteiger partial charge in [0.1, 0.15) is 6.61 Å². The van der Waals surface area contributed by atoms with Gasteiger partial charge in [0.25, 0.3) is 0 Å². The van der Waals surface area contributed by atoms with Gasteiger partial charge in [-0.25, -0.2) is 4.39 Å². The Morgan fingerprint density at radius 1 is 1.11 bits per heavy atom. The Morgan fingerprint density at radius 3 is 2.61 bits per heavy atom. The number of benzene rings is 2. The van der Waals surface area contributed by atoms with Crippen molar-refractivity contribution in [2.75, 3.05) is 0 Å². The monoisotopic (exact) mass is 245 g/mol. The van der Waals surface area contributed by atoms with E-state index >= 15 is 0 Å². The summed E-state index contributed by atoms with van der Waals surface area (Å²) in [7, 11) is 0. The molecule has 2 aromatic carbocycles. The molecule has 3 heteroatoms. The average Bonchev–Trinajstić information content (AvgIpc) is 2.37. The molecule has 2 aromatic rings. The lowest BCUT2D eigenvalue weighted by Gasteiger charge is -2.08. The first-order valence-electron chi connectivity index (χ1n) is 5.86. The Labute approximate surface area is 106 Å². The SMILES string of the molecule is Cc1cccc(COc2ccc(CN)cc2F)c1. The summed E-state index contributed by atoms with van der Waals surface area (Å²) >= 11 is 0. The predicted octanol–water partition coefficient (Wildman–Crippen LogP) is 3.17. The highest BCUT2D eigenvalue weighted by molar-refractivity contribution is 5.30. The van der Waals surface area contributed by atoms with Crippen LogP contribution in [0.3, 0.4) is 0 Å². The quantitative estimate of drug-likeness (QED) is 0.898. The van der Waals surface area contributed by atoms with Gasteiger partial charge in [-0.2, -0.15) is 0 Å². The van der Waals surface area contributed by atoms with Gasteiger partial charge in [-0.3, -0.25) is 0 Å². The fourth-order valence-corrected chi connectivity index (χ4v) is 1.75. The van der Waals surface area contributed by atoms with Gasteiger partial charge in [0.2, 0.25) is 0 Å². The van der Waals surface area contributed by atoms with Gasteiger partial charge in [0, 0.05) is 6.54 Å². The largest absolute Gasteiger partial charge is 0.486 e. The van der Waals surface area contributed by atoms with E-state index in [1.165, 1.54) is 6.07 Å². The second-order valence-electron chi connectivity index (χ2n) is 4.25. The van der Waals surface area contributed by atoms with Crippen molar-refractivity contribution in [1.29, 1.82) is 0 Å². The molecule has 0 aliphatic heterocycles. The maximum absolute atomic E-state index is 13.6. The molecule has 0 saturated carbocycles. The van der Waals surface area contributed by atoms with E-state index in [9.17, 15) is 4.39 Å². The Bertz CT molecular complexity index is 540. The van der Waals surface area contributed by atoms with Gasteiger partial charge in [0.15, 0.2) is 11.6 Å². The zero-order chi connectivity index (χ0) is 13.0. The number of ether oxygens (including phenoxy) is 1.